The molecule has 1 aliphatic carbocycles. The molecule has 0 saturated carbocycles. The summed E-state index contributed by atoms with van der Waals surface area (Å²) in [7, 11) is 0. The van der Waals surface area contributed by atoms with E-state index in [1.54, 1.807) is 23.5 Å². The van der Waals surface area contributed by atoms with Crippen molar-refractivity contribution in [1.82, 2.24) is 5.32 Å². The number of thiocarbonyl (C=S) groups is 1. The second kappa shape index (κ2) is 9.92. The van der Waals surface area contributed by atoms with Gasteiger partial charge in [0.15, 0.2) is 5.11 Å². The lowest BCUT2D eigenvalue weighted by Gasteiger charge is -2.12. The number of anilines is 1. The highest BCUT2D eigenvalue weighted by molar-refractivity contribution is 7.80. The topological polar surface area (TPSA) is 50.4 Å². The first-order valence-electron chi connectivity index (χ1n) is 9.30. The van der Waals surface area contributed by atoms with Crippen molar-refractivity contribution < 1.29 is 9.53 Å². The minimum Gasteiger partial charge on any atom is -0.462 e. The number of fused-ring (bicyclic) bond motifs is 1. The number of hydrogen-bond acceptors (Lipinski definition) is 4. The first kappa shape index (κ1) is 21.4. The van der Waals surface area contributed by atoms with Gasteiger partial charge in [-0.25, -0.2) is 4.79 Å². The minimum atomic E-state index is -0.284. The number of halogens is 2. The Hall–Kier alpha value is -1.34. The summed E-state index contributed by atoms with van der Waals surface area (Å²) in [6, 6.07) is 5.35. The van der Waals surface area contributed by atoms with Gasteiger partial charge in [0.1, 0.15) is 5.00 Å². The van der Waals surface area contributed by atoms with Crippen molar-refractivity contribution >= 4 is 62.8 Å². The molecule has 1 aromatic heterocycles. The summed E-state index contributed by atoms with van der Waals surface area (Å²) in [4.78, 5) is 13.9. The Morgan fingerprint density at radius 3 is 2.79 bits per heavy atom. The van der Waals surface area contributed by atoms with E-state index in [4.69, 9.17) is 40.2 Å². The summed E-state index contributed by atoms with van der Waals surface area (Å²) >= 11 is 19.2. The zero-order valence-electron chi connectivity index (χ0n) is 15.6. The van der Waals surface area contributed by atoms with Gasteiger partial charge in [-0.1, -0.05) is 35.7 Å². The van der Waals surface area contributed by atoms with Gasteiger partial charge < -0.3 is 15.4 Å². The highest BCUT2D eigenvalue weighted by Crippen LogP contribution is 2.38. The second-order valence-electron chi connectivity index (χ2n) is 6.53. The molecular formula is C20H22Cl2N2O2S2. The van der Waals surface area contributed by atoms with E-state index in [1.165, 1.54) is 11.3 Å². The molecule has 1 aliphatic rings. The number of thiophene rings is 1. The van der Waals surface area contributed by atoms with E-state index in [-0.39, 0.29) is 5.97 Å². The number of nitrogens with one attached hydrogen (secondary N) is 2. The first-order valence-corrected chi connectivity index (χ1v) is 11.3. The monoisotopic (exact) mass is 456 g/mol. The van der Waals surface area contributed by atoms with Crippen molar-refractivity contribution in [2.75, 3.05) is 11.9 Å². The molecular weight excluding hydrogens is 435 g/mol. The van der Waals surface area contributed by atoms with Gasteiger partial charge in [0.25, 0.3) is 0 Å². The standard InChI is InChI=1S/C20H22Cl2N2O2S2/c1-2-26-19(25)17-14-6-4-3-5-7-16(14)28-18(17)24-20(27)23-11-12-8-9-13(21)10-15(12)22/h8-10H,2-7,11H2,1H3,(H2,23,24,27). The van der Waals surface area contributed by atoms with Gasteiger partial charge in [-0.3, -0.25) is 0 Å². The van der Waals surface area contributed by atoms with E-state index in [1.807, 2.05) is 13.0 Å². The number of carbonyl (C=O) groups is 1. The summed E-state index contributed by atoms with van der Waals surface area (Å²) < 4.78 is 5.31. The predicted molar refractivity (Wildman–Crippen MR) is 121 cm³/mol. The van der Waals surface area contributed by atoms with Gasteiger partial charge >= 0.3 is 5.97 Å². The van der Waals surface area contributed by atoms with E-state index in [0.29, 0.717) is 33.9 Å². The zero-order valence-corrected chi connectivity index (χ0v) is 18.7. The molecule has 1 aromatic carbocycles. The molecule has 4 nitrogen and oxygen atoms in total. The molecule has 0 unspecified atom stereocenters. The molecule has 0 spiro atoms. The Kier molecular flexibility index (Phi) is 7.57. The van der Waals surface area contributed by atoms with Crippen molar-refractivity contribution in [3.8, 4) is 0 Å². The summed E-state index contributed by atoms with van der Waals surface area (Å²) in [5, 5.41) is 8.71. The largest absolute Gasteiger partial charge is 0.462 e. The van der Waals surface area contributed by atoms with E-state index in [2.05, 4.69) is 10.6 Å². The molecule has 2 aromatic rings. The molecule has 0 aliphatic heterocycles. The lowest BCUT2D eigenvalue weighted by atomic mass is 10.1. The third-order valence-electron chi connectivity index (χ3n) is 4.58. The summed E-state index contributed by atoms with van der Waals surface area (Å²) in [5.74, 6) is -0.284. The average molecular weight is 457 g/mol. The molecule has 28 heavy (non-hydrogen) atoms. The molecule has 8 heteroatoms. The van der Waals surface area contributed by atoms with Crippen LogP contribution in [0.2, 0.25) is 10.0 Å². The predicted octanol–water partition coefficient (Wildman–Crippen LogP) is 5.99. The molecule has 0 radical (unpaired) electrons. The Balaban J connectivity index is 1.75. The smallest absolute Gasteiger partial charge is 0.341 e. The fourth-order valence-electron chi connectivity index (χ4n) is 3.24. The molecule has 0 amide bonds. The van der Waals surface area contributed by atoms with Gasteiger partial charge in [0, 0.05) is 21.5 Å². The summed E-state index contributed by atoms with van der Waals surface area (Å²) in [6.45, 7) is 2.63. The van der Waals surface area contributed by atoms with Gasteiger partial charge in [-0.15, -0.1) is 11.3 Å². The maximum absolute atomic E-state index is 12.6. The van der Waals surface area contributed by atoms with Crippen molar-refractivity contribution in [3.05, 3.63) is 49.8 Å². The van der Waals surface area contributed by atoms with E-state index in [9.17, 15) is 4.79 Å². The maximum atomic E-state index is 12.6. The Labute approximate surface area is 184 Å². The van der Waals surface area contributed by atoms with Crippen molar-refractivity contribution in [1.29, 1.82) is 0 Å². The second-order valence-corrected chi connectivity index (χ2v) is 8.89. The number of carbonyl (C=O) groups excluding carboxylic acids is 1. The maximum Gasteiger partial charge on any atom is 0.341 e. The van der Waals surface area contributed by atoms with Crippen LogP contribution in [0, 0.1) is 0 Å². The molecule has 150 valence electrons. The van der Waals surface area contributed by atoms with Crippen molar-refractivity contribution in [2.45, 2.75) is 45.6 Å². The highest BCUT2D eigenvalue weighted by Gasteiger charge is 2.26. The molecule has 1 heterocycles. The van der Waals surface area contributed by atoms with E-state index < -0.39 is 0 Å². The van der Waals surface area contributed by atoms with Crippen LogP contribution in [-0.4, -0.2) is 17.7 Å². The van der Waals surface area contributed by atoms with Crippen LogP contribution < -0.4 is 10.6 Å². The third-order valence-corrected chi connectivity index (χ3v) is 6.62. The van der Waals surface area contributed by atoms with E-state index in [0.717, 1.165) is 41.8 Å². The number of esters is 1. The lowest BCUT2D eigenvalue weighted by Crippen LogP contribution is -2.28. The number of benzene rings is 1. The summed E-state index contributed by atoms with van der Waals surface area (Å²) in [6.07, 6.45) is 5.32. The van der Waals surface area contributed by atoms with Crippen LogP contribution in [0.4, 0.5) is 5.00 Å². The van der Waals surface area contributed by atoms with Gasteiger partial charge in [-0.2, -0.15) is 0 Å². The molecule has 3 rings (SSSR count). The molecule has 0 saturated heterocycles. The Morgan fingerprint density at radius 2 is 2.04 bits per heavy atom. The van der Waals surface area contributed by atoms with Crippen molar-refractivity contribution in [2.24, 2.45) is 0 Å². The third kappa shape index (κ3) is 5.17. The lowest BCUT2D eigenvalue weighted by molar-refractivity contribution is 0.0527. The first-order chi connectivity index (χ1) is 13.5. The Bertz CT molecular complexity index is 883. The Morgan fingerprint density at radius 1 is 1.25 bits per heavy atom. The van der Waals surface area contributed by atoms with Crippen LogP contribution in [0.1, 0.15) is 52.5 Å². The van der Waals surface area contributed by atoms with Crippen LogP contribution in [0.25, 0.3) is 0 Å². The molecule has 0 bridgehead atoms. The van der Waals surface area contributed by atoms with Crippen LogP contribution >= 0.6 is 46.8 Å². The SMILES string of the molecule is CCOC(=O)c1c(NC(=S)NCc2ccc(Cl)cc2Cl)sc2c1CCCCC2. The van der Waals surface area contributed by atoms with Crippen molar-refractivity contribution in [3.63, 3.8) is 0 Å². The number of ether oxygens (including phenoxy) is 1. The number of hydrogen-bond donors (Lipinski definition) is 2. The highest BCUT2D eigenvalue weighted by atomic mass is 35.5. The van der Waals surface area contributed by atoms with Crippen LogP contribution in [0.15, 0.2) is 18.2 Å². The van der Waals surface area contributed by atoms with E-state index >= 15 is 0 Å². The van der Waals surface area contributed by atoms with Gasteiger partial charge in [0.2, 0.25) is 0 Å². The fourth-order valence-corrected chi connectivity index (χ4v) is 5.23. The quantitative estimate of drug-likeness (QED) is 0.328. The number of aryl methyl sites for hydroxylation is 1. The van der Waals surface area contributed by atoms with Crippen LogP contribution in [-0.2, 0) is 24.1 Å². The minimum absolute atomic E-state index is 0.284. The molecule has 2 N–H and O–H groups in total. The summed E-state index contributed by atoms with van der Waals surface area (Å²) in [5.41, 5.74) is 2.65. The van der Waals surface area contributed by atoms with Gasteiger partial charge in [-0.05, 0) is 68.1 Å². The van der Waals surface area contributed by atoms with Gasteiger partial charge in [0.05, 0.1) is 12.2 Å². The van der Waals surface area contributed by atoms with Crippen LogP contribution in [0.5, 0.6) is 0 Å². The zero-order chi connectivity index (χ0) is 20.1. The van der Waals surface area contributed by atoms with Crippen LogP contribution in [0.3, 0.4) is 0 Å². The molecule has 0 atom stereocenters. The fraction of sp³-hybridized carbons (Fsp3) is 0.400. The number of rotatable bonds is 5. The molecule has 0 fully saturated rings. The normalized spacial score (nSPS) is 13.4. The average Bonchev–Trinajstić information content (AvgIpc) is 2.82.